The van der Waals surface area contributed by atoms with Crippen LogP contribution in [0, 0.1) is 0 Å². The topological polar surface area (TPSA) is 107 Å². The second kappa shape index (κ2) is 6.89. The number of halogens is 1. The zero-order valence-electron chi connectivity index (χ0n) is 10.8. The molecule has 1 aromatic carbocycles. The first-order valence-corrected chi connectivity index (χ1v) is 6.87. The molecule has 0 aliphatic carbocycles. The standard InChI is InChI=1S/C13H13BrN4O3/c14-8-2-1-3-9(4-8)17-13(21)18-11(12(19)20)5-10-6-15-7-16-10/h1-4,6-7,11H,5H2,(H,15,16)(H,19,20)(H2,17,18,21)/t11-/m0/s1. The van der Waals surface area contributed by atoms with Crippen molar-refractivity contribution in [3.8, 4) is 0 Å². The van der Waals surface area contributed by atoms with Crippen LogP contribution in [0.15, 0.2) is 41.3 Å². The van der Waals surface area contributed by atoms with E-state index >= 15 is 0 Å². The number of benzene rings is 1. The largest absolute Gasteiger partial charge is 0.480 e. The third kappa shape index (κ3) is 4.60. The van der Waals surface area contributed by atoms with Crippen molar-refractivity contribution in [3.05, 3.63) is 47.0 Å². The molecule has 1 heterocycles. The van der Waals surface area contributed by atoms with Crippen LogP contribution in [0.5, 0.6) is 0 Å². The lowest BCUT2D eigenvalue weighted by atomic mass is 10.2. The van der Waals surface area contributed by atoms with Crippen LogP contribution in [0.4, 0.5) is 10.5 Å². The lowest BCUT2D eigenvalue weighted by Crippen LogP contribution is -2.44. The molecule has 4 N–H and O–H groups in total. The molecule has 0 saturated heterocycles. The first-order valence-electron chi connectivity index (χ1n) is 6.08. The van der Waals surface area contributed by atoms with Crippen LogP contribution in [-0.4, -0.2) is 33.1 Å². The maximum Gasteiger partial charge on any atom is 0.326 e. The summed E-state index contributed by atoms with van der Waals surface area (Å²) in [6.07, 6.45) is 3.10. The maximum atomic E-state index is 11.8. The number of hydrogen-bond acceptors (Lipinski definition) is 3. The van der Waals surface area contributed by atoms with Gasteiger partial charge in [0.05, 0.1) is 6.33 Å². The van der Waals surface area contributed by atoms with E-state index in [-0.39, 0.29) is 6.42 Å². The van der Waals surface area contributed by atoms with E-state index in [1.54, 1.807) is 18.2 Å². The molecule has 0 aliphatic rings. The Kier molecular flexibility index (Phi) is 4.94. The summed E-state index contributed by atoms with van der Waals surface area (Å²) in [6, 6.07) is 5.37. The smallest absolute Gasteiger partial charge is 0.326 e. The van der Waals surface area contributed by atoms with Gasteiger partial charge in [-0.3, -0.25) is 0 Å². The van der Waals surface area contributed by atoms with Gasteiger partial charge in [-0.25, -0.2) is 14.6 Å². The Bertz CT molecular complexity index is 630. The number of aromatic amines is 1. The molecule has 21 heavy (non-hydrogen) atoms. The molecule has 1 aromatic heterocycles. The Morgan fingerprint density at radius 3 is 2.86 bits per heavy atom. The van der Waals surface area contributed by atoms with Gasteiger partial charge in [-0.05, 0) is 18.2 Å². The van der Waals surface area contributed by atoms with Gasteiger partial charge in [-0.15, -0.1) is 0 Å². The lowest BCUT2D eigenvalue weighted by molar-refractivity contribution is -0.139. The molecular formula is C13H13BrN4O3. The number of aromatic nitrogens is 2. The summed E-state index contributed by atoms with van der Waals surface area (Å²) in [5, 5.41) is 14.1. The van der Waals surface area contributed by atoms with Gasteiger partial charge in [0.15, 0.2) is 0 Å². The van der Waals surface area contributed by atoms with Crippen LogP contribution in [-0.2, 0) is 11.2 Å². The third-order valence-electron chi connectivity index (χ3n) is 2.66. The van der Waals surface area contributed by atoms with Crippen LogP contribution in [0.1, 0.15) is 5.69 Å². The number of rotatable bonds is 5. The summed E-state index contributed by atoms with van der Waals surface area (Å²) in [6.45, 7) is 0. The molecule has 0 unspecified atom stereocenters. The number of anilines is 1. The van der Waals surface area contributed by atoms with E-state index in [1.807, 2.05) is 6.07 Å². The average molecular weight is 353 g/mol. The number of urea groups is 1. The minimum atomic E-state index is -1.12. The predicted octanol–water partition coefficient (Wildman–Crippen LogP) is 1.99. The summed E-state index contributed by atoms with van der Waals surface area (Å²) < 4.78 is 0.813. The van der Waals surface area contributed by atoms with Gasteiger partial charge in [-0.1, -0.05) is 22.0 Å². The van der Waals surface area contributed by atoms with E-state index < -0.39 is 18.0 Å². The molecule has 0 saturated carbocycles. The van der Waals surface area contributed by atoms with Crippen LogP contribution in [0.2, 0.25) is 0 Å². The normalized spacial score (nSPS) is 11.7. The van der Waals surface area contributed by atoms with Gasteiger partial charge < -0.3 is 20.7 Å². The van der Waals surface area contributed by atoms with Gasteiger partial charge in [0.25, 0.3) is 0 Å². The minimum Gasteiger partial charge on any atom is -0.480 e. The quantitative estimate of drug-likeness (QED) is 0.659. The Labute approximate surface area is 128 Å². The Morgan fingerprint density at radius 1 is 1.43 bits per heavy atom. The number of amides is 2. The first-order chi connectivity index (χ1) is 10.0. The van der Waals surface area contributed by atoms with Crippen molar-refractivity contribution in [3.63, 3.8) is 0 Å². The lowest BCUT2D eigenvalue weighted by Gasteiger charge is -2.14. The summed E-state index contributed by atoms with van der Waals surface area (Å²) >= 11 is 3.29. The minimum absolute atomic E-state index is 0.126. The summed E-state index contributed by atoms with van der Waals surface area (Å²) in [5.74, 6) is -1.12. The highest BCUT2D eigenvalue weighted by Crippen LogP contribution is 2.15. The highest BCUT2D eigenvalue weighted by Gasteiger charge is 2.21. The molecule has 2 aromatic rings. The Hall–Kier alpha value is -2.35. The number of carboxylic acids is 1. The highest BCUT2D eigenvalue weighted by molar-refractivity contribution is 9.10. The average Bonchev–Trinajstić information content (AvgIpc) is 2.90. The molecule has 1 atom stereocenters. The van der Waals surface area contributed by atoms with Crippen molar-refractivity contribution in [2.24, 2.45) is 0 Å². The van der Waals surface area contributed by atoms with E-state index in [4.69, 9.17) is 5.11 Å². The van der Waals surface area contributed by atoms with E-state index in [0.717, 1.165) is 4.47 Å². The maximum absolute atomic E-state index is 11.8. The summed E-state index contributed by atoms with van der Waals surface area (Å²) in [5.41, 5.74) is 1.19. The van der Waals surface area contributed by atoms with E-state index in [9.17, 15) is 9.59 Å². The van der Waals surface area contributed by atoms with Gasteiger partial charge in [-0.2, -0.15) is 0 Å². The zero-order chi connectivity index (χ0) is 15.2. The fourth-order valence-electron chi connectivity index (χ4n) is 1.71. The summed E-state index contributed by atoms with van der Waals surface area (Å²) in [7, 11) is 0. The van der Waals surface area contributed by atoms with E-state index in [2.05, 4.69) is 36.5 Å². The monoisotopic (exact) mass is 352 g/mol. The predicted molar refractivity (Wildman–Crippen MR) is 80.0 cm³/mol. The second-order valence-electron chi connectivity index (χ2n) is 4.28. The van der Waals surface area contributed by atoms with Crippen molar-refractivity contribution in [1.29, 1.82) is 0 Å². The third-order valence-corrected chi connectivity index (χ3v) is 3.16. The molecule has 0 aliphatic heterocycles. The summed E-state index contributed by atoms with van der Waals surface area (Å²) in [4.78, 5) is 29.6. The molecule has 2 amide bonds. The SMILES string of the molecule is O=C(Nc1cccc(Br)c1)N[C@@H](Cc1cnc[nH]1)C(=O)O. The molecule has 8 heteroatoms. The number of nitrogens with zero attached hydrogens (tertiary/aromatic N) is 1. The molecule has 0 fully saturated rings. The highest BCUT2D eigenvalue weighted by atomic mass is 79.9. The number of aliphatic carboxylic acids is 1. The zero-order valence-corrected chi connectivity index (χ0v) is 12.4. The fraction of sp³-hybridized carbons (Fsp3) is 0.154. The fourth-order valence-corrected chi connectivity index (χ4v) is 2.11. The van der Waals surface area contributed by atoms with Crippen molar-refractivity contribution >= 4 is 33.6 Å². The van der Waals surface area contributed by atoms with Gasteiger partial charge in [0.1, 0.15) is 6.04 Å². The van der Waals surface area contributed by atoms with Crippen molar-refractivity contribution in [2.75, 3.05) is 5.32 Å². The molecule has 2 rings (SSSR count). The van der Waals surface area contributed by atoms with Gasteiger partial charge in [0.2, 0.25) is 0 Å². The van der Waals surface area contributed by atoms with Crippen LogP contribution >= 0.6 is 15.9 Å². The van der Waals surface area contributed by atoms with Crippen molar-refractivity contribution < 1.29 is 14.7 Å². The number of hydrogen-bond donors (Lipinski definition) is 4. The Morgan fingerprint density at radius 2 is 2.24 bits per heavy atom. The van der Waals surface area contributed by atoms with Crippen molar-refractivity contribution in [2.45, 2.75) is 12.5 Å². The first kappa shape index (κ1) is 15.0. The number of carboxylic acid groups (broad SMARTS) is 1. The Balaban J connectivity index is 1.96. The number of H-pyrrole nitrogens is 1. The number of nitrogens with one attached hydrogen (secondary N) is 3. The number of imidazole rings is 1. The van der Waals surface area contributed by atoms with E-state index in [0.29, 0.717) is 11.4 Å². The van der Waals surface area contributed by atoms with E-state index in [1.165, 1.54) is 12.5 Å². The number of carbonyl (C=O) groups is 2. The van der Waals surface area contributed by atoms with Crippen molar-refractivity contribution in [1.82, 2.24) is 15.3 Å². The van der Waals surface area contributed by atoms with Crippen LogP contribution in [0.3, 0.4) is 0 Å². The van der Waals surface area contributed by atoms with Crippen LogP contribution in [0.25, 0.3) is 0 Å². The molecule has 7 nitrogen and oxygen atoms in total. The van der Waals surface area contributed by atoms with Gasteiger partial charge >= 0.3 is 12.0 Å². The molecular weight excluding hydrogens is 340 g/mol. The number of carbonyl (C=O) groups excluding carboxylic acids is 1. The van der Waals surface area contributed by atoms with Gasteiger partial charge in [0, 0.05) is 28.5 Å². The molecule has 0 bridgehead atoms. The van der Waals surface area contributed by atoms with Crippen LogP contribution < -0.4 is 10.6 Å². The molecule has 0 spiro atoms. The molecule has 110 valence electrons. The second-order valence-corrected chi connectivity index (χ2v) is 5.20. The molecule has 0 radical (unpaired) electrons.